The van der Waals surface area contributed by atoms with Gasteiger partial charge in [-0.1, -0.05) is 59.9 Å². The van der Waals surface area contributed by atoms with E-state index in [9.17, 15) is 14.4 Å². The van der Waals surface area contributed by atoms with E-state index in [4.69, 9.17) is 10.7 Å². The zero-order chi connectivity index (χ0) is 24.3. The maximum absolute atomic E-state index is 13.3. The van der Waals surface area contributed by atoms with Crippen LogP contribution in [-0.2, 0) is 21.5 Å². The van der Waals surface area contributed by atoms with Crippen molar-refractivity contribution < 1.29 is 14.4 Å². The van der Waals surface area contributed by atoms with Gasteiger partial charge in [0, 0.05) is 35.6 Å². The van der Waals surface area contributed by atoms with Gasteiger partial charge in [0.25, 0.3) is 0 Å². The van der Waals surface area contributed by atoms with Gasteiger partial charge in [-0.15, -0.1) is 0 Å². The van der Waals surface area contributed by atoms with Crippen molar-refractivity contribution in [1.29, 1.82) is 0 Å². The monoisotopic (exact) mass is 477 g/mol. The molecule has 1 aliphatic rings. The predicted molar refractivity (Wildman–Crippen MR) is 132 cm³/mol. The highest BCUT2D eigenvalue weighted by Gasteiger charge is 2.34. The molecule has 0 unspecified atom stereocenters. The lowest BCUT2D eigenvalue weighted by Gasteiger charge is -2.26. The third-order valence-corrected chi connectivity index (χ3v) is 6.84. The second-order valence-electron chi connectivity index (χ2n) is 8.71. The van der Waals surface area contributed by atoms with Crippen molar-refractivity contribution in [2.24, 2.45) is 5.73 Å². The van der Waals surface area contributed by atoms with E-state index >= 15 is 0 Å². The summed E-state index contributed by atoms with van der Waals surface area (Å²) in [5.41, 5.74) is 7.11. The van der Waals surface area contributed by atoms with E-state index in [2.05, 4.69) is 15.5 Å². The zero-order valence-electron chi connectivity index (χ0n) is 19.1. The number of carbonyl (C=O) groups is 3. The molecule has 1 fully saturated rings. The summed E-state index contributed by atoms with van der Waals surface area (Å²) in [5.74, 6) is -0.871. The van der Waals surface area contributed by atoms with Crippen molar-refractivity contribution in [2.45, 2.75) is 25.8 Å². The number of thiazole rings is 1. The number of anilines is 1. The average Bonchev–Trinajstić information content (AvgIpc) is 3.21. The van der Waals surface area contributed by atoms with Crippen LogP contribution in [0, 0.1) is 0 Å². The Hall–Kier alpha value is -3.56. The Kier molecular flexibility index (Phi) is 6.76. The molecule has 1 aliphatic heterocycles. The van der Waals surface area contributed by atoms with Crippen molar-refractivity contribution in [2.75, 3.05) is 25.0 Å². The fraction of sp³-hybridized carbons (Fsp3) is 0.280. The zero-order valence-corrected chi connectivity index (χ0v) is 19.9. The second kappa shape index (κ2) is 9.74. The Morgan fingerprint density at radius 3 is 2.56 bits per heavy atom. The van der Waals surface area contributed by atoms with E-state index in [1.54, 1.807) is 38.1 Å². The molecule has 0 saturated carbocycles. The second-order valence-corrected chi connectivity index (χ2v) is 9.79. The van der Waals surface area contributed by atoms with Crippen LogP contribution in [0.1, 0.15) is 34.6 Å². The lowest BCUT2D eigenvalue weighted by atomic mass is 9.80. The van der Waals surface area contributed by atoms with Crippen LogP contribution >= 0.6 is 11.3 Å². The average molecular weight is 478 g/mol. The first-order chi connectivity index (χ1) is 16.3. The molecule has 0 atom stereocenters. The SMILES string of the molecule is CC(C)(C(=O)Nc1nc(-c2ccccc2)c(CN2CCNC(=O)C2)s1)c1ccccc1C(N)=O. The summed E-state index contributed by atoms with van der Waals surface area (Å²) in [6.45, 7) is 5.74. The van der Waals surface area contributed by atoms with E-state index in [1.807, 2.05) is 30.3 Å². The largest absolute Gasteiger partial charge is 0.366 e. The summed E-state index contributed by atoms with van der Waals surface area (Å²) in [5, 5.41) is 6.24. The molecule has 0 aliphatic carbocycles. The molecule has 2 heterocycles. The summed E-state index contributed by atoms with van der Waals surface area (Å²) in [6.07, 6.45) is 0. The van der Waals surface area contributed by atoms with Crippen LogP contribution in [-0.4, -0.2) is 47.2 Å². The summed E-state index contributed by atoms with van der Waals surface area (Å²) in [6, 6.07) is 16.6. The molecule has 2 aromatic carbocycles. The van der Waals surface area contributed by atoms with E-state index in [-0.39, 0.29) is 11.8 Å². The molecule has 4 N–H and O–H groups in total. The van der Waals surface area contributed by atoms with Crippen molar-refractivity contribution in [3.05, 3.63) is 70.6 Å². The third-order valence-electron chi connectivity index (χ3n) is 5.88. The van der Waals surface area contributed by atoms with Gasteiger partial charge in [0.2, 0.25) is 17.7 Å². The first-order valence-electron chi connectivity index (χ1n) is 11.0. The van der Waals surface area contributed by atoms with E-state index in [0.717, 1.165) is 22.7 Å². The number of amides is 3. The number of aromatic nitrogens is 1. The van der Waals surface area contributed by atoms with Gasteiger partial charge >= 0.3 is 0 Å². The van der Waals surface area contributed by atoms with Gasteiger partial charge in [0.05, 0.1) is 17.7 Å². The van der Waals surface area contributed by atoms with Crippen LogP contribution in [0.15, 0.2) is 54.6 Å². The molecule has 0 radical (unpaired) electrons. The Morgan fingerprint density at radius 2 is 1.85 bits per heavy atom. The lowest BCUT2D eigenvalue weighted by Crippen LogP contribution is -2.47. The number of nitrogens with two attached hydrogens (primary N) is 1. The first-order valence-corrected chi connectivity index (χ1v) is 11.8. The van der Waals surface area contributed by atoms with Crippen molar-refractivity contribution in [1.82, 2.24) is 15.2 Å². The molecule has 176 valence electrons. The van der Waals surface area contributed by atoms with E-state index < -0.39 is 11.3 Å². The first kappa shape index (κ1) is 23.6. The minimum Gasteiger partial charge on any atom is -0.366 e. The molecule has 34 heavy (non-hydrogen) atoms. The maximum atomic E-state index is 13.3. The molecule has 0 spiro atoms. The lowest BCUT2D eigenvalue weighted by molar-refractivity contribution is -0.124. The molecule has 0 bridgehead atoms. The van der Waals surface area contributed by atoms with Crippen LogP contribution in [0.4, 0.5) is 5.13 Å². The summed E-state index contributed by atoms with van der Waals surface area (Å²) >= 11 is 1.39. The minimum atomic E-state index is -1.02. The highest BCUT2D eigenvalue weighted by molar-refractivity contribution is 7.16. The van der Waals surface area contributed by atoms with Crippen LogP contribution in [0.3, 0.4) is 0 Å². The standard InChI is InChI=1S/C25H27N5O3S/c1-25(2,18-11-7-6-10-17(18)22(26)32)23(33)29-24-28-21(16-8-4-3-5-9-16)19(34-24)14-30-13-12-27-20(31)15-30/h3-11H,12-15H2,1-2H3,(H2,26,32)(H,27,31)(H,28,29,33). The Labute approximate surface area is 202 Å². The number of hydrogen-bond donors (Lipinski definition) is 3. The third kappa shape index (κ3) is 5.00. The molecular weight excluding hydrogens is 450 g/mol. The quantitative estimate of drug-likeness (QED) is 0.484. The topological polar surface area (TPSA) is 117 Å². The number of carbonyl (C=O) groups excluding carboxylic acids is 3. The normalized spacial score (nSPS) is 14.5. The molecule has 8 nitrogen and oxygen atoms in total. The van der Waals surface area contributed by atoms with E-state index in [0.29, 0.717) is 35.9 Å². The number of nitrogens with one attached hydrogen (secondary N) is 2. The van der Waals surface area contributed by atoms with Crippen molar-refractivity contribution >= 4 is 34.2 Å². The summed E-state index contributed by atoms with van der Waals surface area (Å²) in [7, 11) is 0. The van der Waals surface area contributed by atoms with Gasteiger partial charge in [0.1, 0.15) is 0 Å². The van der Waals surface area contributed by atoms with Gasteiger partial charge in [-0.05, 0) is 25.5 Å². The van der Waals surface area contributed by atoms with Gasteiger partial charge in [-0.3, -0.25) is 19.3 Å². The Morgan fingerprint density at radius 1 is 1.15 bits per heavy atom. The maximum Gasteiger partial charge on any atom is 0.249 e. The highest BCUT2D eigenvalue weighted by atomic mass is 32.1. The summed E-state index contributed by atoms with van der Waals surface area (Å²) in [4.78, 5) is 44.9. The number of nitrogens with zero attached hydrogens (tertiary/aromatic N) is 2. The number of primary amides is 1. The molecule has 3 aromatic rings. The fourth-order valence-corrected chi connectivity index (χ4v) is 5.00. The predicted octanol–water partition coefficient (Wildman–Crippen LogP) is 2.76. The number of benzene rings is 2. The Balaban J connectivity index is 1.63. The summed E-state index contributed by atoms with van der Waals surface area (Å²) < 4.78 is 0. The van der Waals surface area contributed by atoms with Crippen LogP contribution in [0.5, 0.6) is 0 Å². The minimum absolute atomic E-state index is 0.000387. The molecule has 4 rings (SSSR count). The Bertz CT molecular complexity index is 1220. The molecule has 9 heteroatoms. The van der Waals surface area contributed by atoms with Crippen molar-refractivity contribution in [3.8, 4) is 11.3 Å². The van der Waals surface area contributed by atoms with Crippen LogP contribution < -0.4 is 16.4 Å². The molecule has 3 amide bonds. The molecular formula is C25H27N5O3S. The van der Waals surface area contributed by atoms with Crippen LogP contribution in [0.25, 0.3) is 11.3 Å². The van der Waals surface area contributed by atoms with Gasteiger partial charge in [0.15, 0.2) is 5.13 Å². The fourth-order valence-electron chi connectivity index (χ4n) is 3.98. The highest BCUT2D eigenvalue weighted by Crippen LogP contribution is 2.34. The van der Waals surface area contributed by atoms with Gasteiger partial charge in [-0.2, -0.15) is 0 Å². The number of piperazine rings is 1. The van der Waals surface area contributed by atoms with Crippen LogP contribution in [0.2, 0.25) is 0 Å². The van der Waals surface area contributed by atoms with Crippen molar-refractivity contribution in [3.63, 3.8) is 0 Å². The van der Waals surface area contributed by atoms with E-state index in [1.165, 1.54) is 11.3 Å². The smallest absolute Gasteiger partial charge is 0.249 e. The molecule has 1 aromatic heterocycles. The number of hydrogen-bond acceptors (Lipinski definition) is 6. The molecule has 1 saturated heterocycles. The van der Waals surface area contributed by atoms with Gasteiger partial charge in [-0.25, -0.2) is 4.98 Å². The number of rotatable bonds is 7. The van der Waals surface area contributed by atoms with Gasteiger partial charge < -0.3 is 16.4 Å².